The number of aromatic nitrogens is 3. The number of nitrogens with zero attached hydrogens (tertiary/aromatic N) is 3. The first-order valence-corrected chi connectivity index (χ1v) is 7.29. The van der Waals surface area contributed by atoms with E-state index in [0.29, 0.717) is 0 Å². The minimum Gasteiger partial charge on any atom is -0.379 e. The molecule has 0 saturated heterocycles. The molecule has 0 unspecified atom stereocenters. The van der Waals surface area contributed by atoms with Crippen LogP contribution in [-0.4, -0.2) is 14.5 Å². The molecule has 0 bridgehead atoms. The molecule has 3 rings (SSSR count). The summed E-state index contributed by atoms with van der Waals surface area (Å²) in [6.07, 6.45) is 5.55. The predicted octanol–water partition coefficient (Wildman–Crippen LogP) is 3.56. The van der Waals surface area contributed by atoms with Crippen molar-refractivity contribution in [3.63, 3.8) is 0 Å². The average molecular weight is 284 g/mol. The summed E-state index contributed by atoms with van der Waals surface area (Å²) in [5.41, 5.74) is 1.03. The molecule has 0 aliphatic heterocycles. The van der Waals surface area contributed by atoms with Gasteiger partial charge in [0.15, 0.2) is 0 Å². The molecule has 0 spiro atoms. The Bertz CT molecular complexity index is 697. The maximum atomic E-state index is 4.46. The van der Waals surface area contributed by atoms with Crippen molar-refractivity contribution in [3.05, 3.63) is 58.4 Å². The zero-order valence-corrected chi connectivity index (χ0v) is 12.3. The number of hydrogen-bond acceptors (Lipinski definition) is 4. The highest BCUT2D eigenvalue weighted by atomic mass is 32.1. The number of nitrogens with one attached hydrogen (secondary N) is 1. The van der Waals surface area contributed by atoms with E-state index in [0.717, 1.165) is 23.9 Å². The van der Waals surface area contributed by atoms with Gasteiger partial charge >= 0.3 is 0 Å². The van der Waals surface area contributed by atoms with Gasteiger partial charge in [0.25, 0.3) is 0 Å². The van der Waals surface area contributed by atoms with Crippen LogP contribution in [0.5, 0.6) is 0 Å². The van der Waals surface area contributed by atoms with Crippen molar-refractivity contribution in [2.75, 3.05) is 5.32 Å². The van der Waals surface area contributed by atoms with Gasteiger partial charge in [-0.05, 0) is 38.1 Å². The average Bonchev–Trinajstić information content (AvgIpc) is 3.06. The van der Waals surface area contributed by atoms with Crippen LogP contribution in [0.1, 0.15) is 15.6 Å². The van der Waals surface area contributed by atoms with E-state index in [2.05, 4.69) is 34.3 Å². The lowest BCUT2D eigenvalue weighted by molar-refractivity contribution is 0.932. The van der Waals surface area contributed by atoms with Crippen LogP contribution in [-0.2, 0) is 6.54 Å². The summed E-state index contributed by atoms with van der Waals surface area (Å²) in [5.74, 6) is 1.82. The minimum atomic E-state index is 0.837. The van der Waals surface area contributed by atoms with Crippen LogP contribution >= 0.6 is 11.3 Å². The highest BCUT2D eigenvalue weighted by molar-refractivity contribution is 7.11. The molecule has 3 heterocycles. The molecule has 20 heavy (non-hydrogen) atoms. The summed E-state index contributed by atoms with van der Waals surface area (Å²) in [7, 11) is 0. The third-order valence-electron chi connectivity index (χ3n) is 3.08. The number of aryl methyl sites for hydroxylation is 2. The van der Waals surface area contributed by atoms with Crippen LogP contribution in [0.25, 0.3) is 5.82 Å². The molecule has 0 amide bonds. The highest BCUT2D eigenvalue weighted by Crippen LogP contribution is 2.17. The molecule has 102 valence electrons. The maximum absolute atomic E-state index is 4.46. The molecule has 4 nitrogen and oxygen atoms in total. The zero-order chi connectivity index (χ0) is 13.9. The van der Waals surface area contributed by atoms with E-state index in [4.69, 9.17) is 0 Å². The number of rotatable bonds is 4. The molecule has 0 fully saturated rings. The van der Waals surface area contributed by atoms with Crippen LogP contribution < -0.4 is 5.32 Å². The second-order valence-corrected chi connectivity index (χ2v) is 5.99. The summed E-state index contributed by atoms with van der Waals surface area (Å²) in [5, 5.41) is 3.38. The van der Waals surface area contributed by atoms with Crippen molar-refractivity contribution in [1.29, 1.82) is 0 Å². The van der Waals surface area contributed by atoms with Crippen molar-refractivity contribution in [1.82, 2.24) is 14.5 Å². The summed E-state index contributed by atoms with van der Waals surface area (Å²) in [4.78, 5) is 11.3. The predicted molar refractivity (Wildman–Crippen MR) is 82.5 cm³/mol. The molecule has 0 radical (unpaired) electrons. The van der Waals surface area contributed by atoms with Gasteiger partial charge < -0.3 is 5.32 Å². The van der Waals surface area contributed by atoms with Gasteiger partial charge in [0.1, 0.15) is 11.6 Å². The lowest BCUT2D eigenvalue weighted by atomic mass is 10.3. The van der Waals surface area contributed by atoms with Gasteiger partial charge in [-0.3, -0.25) is 4.57 Å². The summed E-state index contributed by atoms with van der Waals surface area (Å²) in [6.45, 7) is 4.93. The first-order chi connectivity index (χ1) is 9.72. The Morgan fingerprint density at radius 2 is 2.05 bits per heavy atom. The van der Waals surface area contributed by atoms with Crippen molar-refractivity contribution >= 4 is 17.0 Å². The monoisotopic (exact) mass is 284 g/mol. The van der Waals surface area contributed by atoms with Crippen molar-refractivity contribution in [2.45, 2.75) is 20.4 Å². The van der Waals surface area contributed by atoms with E-state index in [1.807, 2.05) is 47.4 Å². The van der Waals surface area contributed by atoms with Crippen LogP contribution in [0, 0.1) is 13.8 Å². The molecular weight excluding hydrogens is 268 g/mol. The third kappa shape index (κ3) is 2.72. The fourth-order valence-electron chi connectivity index (χ4n) is 2.02. The topological polar surface area (TPSA) is 42.7 Å². The lowest BCUT2D eigenvalue weighted by Crippen LogP contribution is -2.01. The molecular formula is C15H16N4S. The van der Waals surface area contributed by atoms with E-state index in [9.17, 15) is 0 Å². The number of hydrogen-bond donors (Lipinski definition) is 1. The Balaban J connectivity index is 1.69. The highest BCUT2D eigenvalue weighted by Gasteiger charge is 2.02. The molecule has 0 aliphatic rings. The summed E-state index contributed by atoms with van der Waals surface area (Å²) in [6, 6.07) is 8.34. The smallest absolute Gasteiger partial charge is 0.138 e. The van der Waals surface area contributed by atoms with Crippen molar-refractivity contribution in [2.24, 2.45) is 0 Å². The van der Waals surface area contributed by atoms with Gasteiger partial charge in [0.05, 0.1) is 11.9 Å². The van der Waals surface area contributed by atoms with Gasteiger partial charge in [0.2, 0.25) is 0 Å². The summed E-state index contributed by atoms with van der Waals surface area (Å²) < 4.78 is 1.96. The largest absolute Gasteiger partial charge is 0.379 e. The molecule has 3 aromatic heterocycles. The van der Waals surface area contributed by atoms with Gasteiger partial charge in [-0.25, -0.2) is 9.97 Å². The Morgan fingerprint density at radius 3 is 2.65 bits per heavy atom. The van der Waals surface area contributed by atoms with Gasteiger partial charge in [-0.1, -0.05) is 0 Å². The normalized spacial score (nSPS) is 10.7. The molecule has 0 saturated carbocycles. The number of anilines is 1. The second-order valence-electron chi connectivity index (χ2n) is 4.62. The van der Waals surface area contributed by atoms with Crippen LogP contribution in [0.15, 0.2) is 42.9 Å². The standard InChI is InChI=1S/C15H16N4S/c1-11-3-5-14(20-11)10-17-13-4-6-15(18-9-13)19-8-7-16-12(19)2/h3-9,17H,10H2,1-2H3. The Morgan fingerprint density at radius 1 is 1.15 bits per heavy atom. The van der Waals surface area contributed by atoms with E-state index < -0.39 is 0 Å². The van der Waals surface area contributed by atoms with Gasteiger partial charge in [0, 0.05) is 28.7 Å². The van der Waals surface area contributed by atoms with Crippen molar-refractivity contribution < 1.29 is 0 Å². The van der Waals surface area contributed by atoms with E-state index in [-0.39, 0.29) is 0 Å². The Hall–Kier alpha value is -2.14. The maximum Gasteiger partial charge on any atom is 0.138 e. The molecule has 5 heteroatoms. The molecule has 1 N–H and O–H groups in total. The Kier molecular flexibility index (Phi) is 3.52. The molecule has 0 aliphatic carbocycles. The number of imidazole rings is 1. The van der Waals surface area contributed by atoms with E-state index >= 15 is 0 Å². The van der Waals surface area contributed by atoms with Crippen LogP contribution in [0.2, 0.25) is 0 Å². The zero-order valence-electron chi connectivity index (χ0n) is 11.5. The third-order valence-corrected chi connectivity index (χ3v) is 4.08. The Labute approximate surface area is 122 Å². The molecule has 0 aromatic carbocycles. The molecule has 0 atom stereocenters. The van der Waals surface area contributed by atoms with Crippen LogP contribution in [0.4, 0.5) is 5.69 Å². The lowest BCUT2D eigenvalue weighted by Gasteiger charge is -2.07. The fourth-order valence-corrected chi connectivity index (χ4v) is 2.85. The summed E-state index contributed by atoms with van der Waals surface area (Å²) >= 11 is 1.81. The van der Waals surface area contributed by atoms with E-state index in [1.54, 1.807) is 6.20 Å². The van der Waals surface area contributed by atoms with Crippen LogP contribution in [0.3, 0.4) is 0 Å². The number of pyridine rings is 1. The molecule has 3 aromatic rings. The SMILES string of the molecule is Cc1ccc(CNc2ccc(-n3ccnc3C)nc2)s1. The first kappa shape index (κ1) is 12.9. The van der Waals surface area contributed by atoms with E-state index in [1.165, 1.54) is 9.75 Å². The fraction of sp³-hybridized carbons (Fsp3) is 0.200. The quantitative estimate of drug-likeness (QED) is 0.796. The minimum absolute atomic E-state index is 0.837. The van der Waals surface area contributed by atoms with Gasteiger partial charge in [-0.2, -0.15) is 0 Å². The van der Waals surface area contributed by atoms with Gasteiger partial charge in [-0.15, -0.1) is 11.3 Å². The first-order valence-electron chi connectivity index (χ1n) is 6.48. The number of thiophene rings is 1. The second kappa shape index (κ2) is 5.46. The van der Waals surface area contributed by atoms with Crippen molar-refractivity contribution in [3.8, 4) is 5.82 Å².